The quantitative estimate of drug-likeness (QED) is 0.0511. The number of aromatic nitrogens is 4. The number of benzene rings is 2. The zero-order chi connectivity index (χ0) is 33.9. The number of ether oxygens (including phenoxy) is 2. The predicted octanol–water partition coefficient (Wildman–Crippen LogP) is 3.36. The second-order valence-electron chi connectivity index (χ2n) is 10.2. The number of hydrogen-bond donors (Lipinski definition) is 7. The Balaban J connectivity index is 1.50. The van der Waals surface area contributed by atoms with Crippen LogP contribution in [0.2, 0.25) is 5.15 Å². The Morgan fingerprint density at radius 3 is 2.49 bits per heavy atom. The summed E-state index contributed by atoms with van der Waals surface area (Å²) in [5.74, 6) is -1.69. The van der Waals surface area contributed by atoms with Crippen molar-refractivity contribution in [2.45, 2.75) is 11.8 Å². The van der Waals surface area contributed by atoms with E-state index in [1.54, 1.807) is 36.4 Å². The Bertz CT molecular complexity index is 1920. The van der Waals surface area contributed by atoms with Crippen LogP contribution in [-0.2, 0) is 23.5 Å². The molecular weight excluding hydrogens is 680 g/mol. The van der Waals surface area contributed by atoms with Crippen LogP contribution in [0.4, 0.5) is 23.0 Å². The summed E-state index contributed by atoms with van der Waals surface area (Å²) in [6, 6.07) is 11.5. The summed E-state index contributed by atoms with van der Waals surface area (Å²) in [6.07, 6.45) is -0.113. The van der Waals surface area contributed by atoms with Crippen molar-refractivity contribution in [3.63, 3.8) is 0 Å². The standard InChI is InChI=1S/C27H28ClN7O10P2/c1-2-20(36)29-16-5-3-4-15(12-16)24-23-25(28)33-34-26(23)32-27(31-24)30-17-6-7-18(35-8-10-44-11-9-35)19(13-17)45-21(37)14-22(46(38,39)40)47(41,42)43/h2-7,12-13,22H,1,8-11,14H2,(H,29,36)(H2,38,39,40)(H2,41,42,43)(H2,30,31,32,33,34). The lowest BCUT2D eigenvalue weighted by Gasteiger charge is -2.30. The van der Waals surface area contributed by atoms with Gasteiger partial charge in [0.2, 0.25) is 11.9 Å². The molecule has 248 valence electrons. The Kier molecular flexibility index (Phi) is 10.1. The number of carbonyl (C=O) groups is 2. The number of carbonyl (C=O) groups excluding carboxylic acids is 2. The fraction of sp³-hybridized carbons (Fsp3) is 0.222. The molecule has 1 fully saturated rings. The van der Waals surface area contributed by atoms with Gasteiger partial charge in [0.25, 0.3) is 0 Å². The molecule has 7 N–H and O–H groups in total. The van der Waals surface area contributed by atoms with E-state index in [9.17, 15) is 38.3 Å². The lowest BCUT2D eigenvalue weighted by molar-refractivity contribution is -0.134. The molecule has 0 aliphatic carbocycles. The number of amides is 1. The van der Waals surface area contributed by atoms with Crippen LogP contribution >= 0.6 is 26.8 Å². The molecule has 5 rings (SSSR count). The minimum Gasteiger partial charge on any atom is -0.424 e. The zero-order valence-electron chi connectivity index (χ0n) is 24.2. The van der Waals surface area contributed by atoms with Crippen LogP contribution in [0.15, 0.2) is 55.1 Å². The lowest BCUT2D eigenvalue weighted by atomic mass is 10.1. The Morgan fingerprint density at radius 1 is 1.09 bits per heavy atom. The molecule has 0 spiro atoms. The van der Waals surface area contributed by atoms with Gasteiger partial charge < -0.3 is 44.6 Å². The van der Waals surface area contributed by atoms with Crippen molar-refractivity contribution in [1.29, 1.82) is 0 Å². The summed E-state index contributed by atoms with van der Waals surface area (Å²) in [5, 5.41) is 10.5. The molecule has 0 atom stereocenters. The SMILES string of the molecule is C=CC(=O)Nc1cccc(-c2nc(Nc3ccc(N4CCOCC4)c(OC(=O)CC(P(=O)(O)O)P(=O)(O)O)c3)nc3n[nH]c(Cl)c23)c1. The molecule has 1 saturated heterocycles. The van der Waals surface area contributed by atoms with E-state index < -0.39 is 38.9 Å². The molecule has 20 heteroatoms. The Labute approximate surface area is 271 Å². The molecule has 2 aromatic carbocycles. The van der Waals surface area contributed by atoms with Crippen molar-refractivity contribution in [3.8, 4) is 17.0 Å². The number of H-pyrrole nitrogens is 1. The van der Waals surface area contributed by atoms with E-state index >= 15 is 0 Å². The first-order valence-corrected chi connectivity index (χ1v) is 17.5. The van der Waals surface area contributed by atoms with Crippen LogP contribution in [0.1, 0.15) is 6.42 Å². The number of morpholine rings is 1. The van der Waals surface area contributed by atoms with Gasteiger partial charge in [-0.1, -0.05) is 30.3 Å². The number of anilines is 4. The van der Waals surface area contributed by atoms with Gasteiger partial charge in [-0.05, 0) is 30.3 Å². The third-order valence-electron chi connectivity index (χ3n) is 6.88. The van der Waals surface area contributed by atoms with E-state index in [-0.39, 0.29) is 22.5 Å². The summed E-state index contributed by atoms with van der Waals surface area (Å²) in [4.78, 5) is 73.5. The number of halogens is 1. The van der Waals surface area contributed by atoms with E-state index in [2.05, 4.69) is 37.4 Å². The lowest BCUT2D eigenvalue weighted by Crippen LogP contribution is -2.36. The van der Waals surface area contributed by atoms with E-state index in [1.807, 2.05) is 4.90 Å². The molecule has 3 heterocycles. The Morgan fingerprint density at radius 2 is 1.81 bits per heavy atom. The highest BCUT2D eigenvalue weighted by Gasteiger charge is 2.45. The van der Waals surface area contributed by atoms with Crippen molar-refractivity contribution in [2.24, 2.45) is 0 Å². The van der Waals surface area contributed by atoms with Crippen LogP contribution in [-0.4, -0.2) is 83.3 Å². The van der Waals surface area contributed by atoms with Crippen molar-refractivity contribution >= 4 is 72.7 Å². The first-order valence-electron chi connectivity index (χ1n) is 13.7. The normalized spacial score (nSPS) is 13.9. The second-order valence-corrected chi connectivity index (χ2v) is 14.5. The van der Waals surface area contributed by atoms with Gasteiger partial charge in [0.1, 0.15) is 5.15 Å². The van der Waals surface area contributed by atoms with Crippen LogP contribution < -0.4 is 20.3 Å². The maximum absolute atomic E-state index is 12.8. The third kappa shape index (κ3) is 8.22. The van der Waals surface area contributed by atoms with Crippen LogP contribution in [0.3, 0.4) is 0 Å². The van der Waals surface area contributed by atoms with Crippen molar-refractivity contribution in [2.75, 3.05) is 41.8 Å². The predicted molar refractivity (Wildman–Crippen MR) is 172 cm³/mol. The molecule has 0 radical (unpaired) electrons. The van der Waals surface area contributed by atoms with Gasteiger partial charge in [-0.25, -0.2) is 4.98 Å². The van der Waals surface area contributed by atoms with Crippen molar-refractivity contribution < 1.29 is 47.8 Å². The minimum atomic E-state index is -5.37. The van der Waals surface area contributed by atoms with Crippen molar-refractivity contribution in [3.05, 3.63) is 60.3 Å². The van der Waals surface area contributed by atoms with Crippen LogP contribution in [0.5, 0.6) is 5.75 Å². The molecule has 4 aromatic rings. The molecule has 2 aromatic heterocycles. The smallest absolute Gasteiger partial charge is 0.341 e. The summed E-state index contributed by atoms with van der Waals surface area (Å²) in [7, 11) is -10.7. The molecule has 0 bridgehead atoms. The third-order valence-corrected chi connectivity index (χ3v) is 10.9. The number of fused-ring (bicyclic) bond motifs is 1. The van der Waals surface area contributed by atoms with Gasteiger partial charge >= 0.3 is 21.2 Å². The monoisotopic (exact) mass is 707 g/mol. The van der Waals surface area contributed by atoms with Crippen LogP contribution in [0.25, 0.3) is 22.3 Å². The van der Waals surface area contributed by atoms with Gasteiger partial charge in [0, 0.05) is 36.1 Å². The fourth-order valence-electron chi connectivity index (χ4n) is 4.71. The molecule has 47 heavy (non-hydrogen) atoms. The molecule has 1 aliphatic heterocycles. The highest BCUT2D eigenvalue weighted by atomic mass is 35.5. The molecule has 0 saturated carbocycles. The number of hydrogen-bond acceptors (Lipinski definition) is 11. The molecule has 1 aliphatic rings. The maximum atomic E-state index is 12.8. The Hall–Kier alpha value is -4.18. The summed E-state index contributed by atoms with van der Waals surface area (Å²) in [5.41, 5.74) is 2.34. The summed E-state index contributed by atoms with van der Waals surface area (Å²) in [6.45, 7) is 5.08. The minimum absolute atomic E-state index is 0.0515. The summed E-state index contributed by atoms with van der Waals surface area (Å²) < 4.78 is 34.4. The van der Waals surface area contributed by atoms with E-state index in [0.717, 1.165) is 6.08 Å². The number of esters is 1. The average Bonchev–Trinajstić information content (AvgIpc) is 3.39. The molecular formula is C27H28ClN7O10P2. The first-order chi connectivity index (χ1) is 22.2. The van der Waals surface area contributed by atoms with Gasteiger partial charge in [-0.3, -0.25) is 23.8 Å². The molecule has 1 amide bonds. The number of nitrogens with one attached hydrogen (secondary N) is 3. The topological polar surface area (TPSA) is 249 Å². The van der Waals surface area contributed by atoms with Crippen molar-refractivity contribution in [1.82, 2.24) is 20.2 Å². The van der Waals surface area contributed by atoms with Crippen LogP contribution in [0, 0.1) is 0 Å². The number of aromatic amines is 1. The average molecular weight is 708 g/mol. The maximum Gasteiger partial charge on any atom is 0.341 e. The number of nitrogens with zero attached hydrogens (tertiary/aromatic N) is 4. The number of rotatable bonds is 11. The summed E-state index contributed by atoms with van der Waals surface area (Å²) >= 11 is 6.38. The molecule has 0 unspecified atom stereocenters. The van der Waals surface area contributed by atoms with E-state index in [4.69, 9.17) is 21.1 Å². The van der Waals surface area contributed by atoms with Gasteiger partial charge in [0.15, 0.2) is 16.8 Å². The van der Waals surface area contributed by atoms with E-state index in [0.29, 0.717) is 60.0 Å². The van der Waals surface area contributed by atoms with Gasteiger partial charge in [0.05, 0.1) is 36.4 Å². The largest absolute Gasteiger partial charge is 0.424 e. The second kappa shape index (κ2) is 13.9. The molecule has 17 nitrogen and oxygen atoms in total. The highest BCUT2D eigenvalue weighted by Crippen LogP contribution is 2.61. The first kappa shape index (κ1) is 34.2. The van der Waals surface area contributed by atoms with Gasteiger partial charge in [-0.15, -0.1) is 0 Å². The van der Waals surface area contributed by atoms with E-state index in [1.165, 1.54) is 6.07 Å². The fourth-order valence-corrected chi connectivity index (χ4v) is 7.27. The zero-order valence-corrected chi connectivity index (χ0v) is 26.8. The highest BCUT2D eigenvalue weighted by molar-refractivity contribution is 7.70. The van der Waals surface area contributed by atoms with Gasteiger partial charge in [-0.2, -0.15) is 10.1 Å².